The van der Waals surface area contributed by atoms with E-state index >= 15 is 0 Å². The van der Waals surface area contributed by atoms with Crippen LogP contribution in [0, 0.1) is 23.2 Å². The third kappa shape index (κ3) is 8.79. The van der Waals surface area contributed by atoms with Gasteiger partial charge in [0.05, 0.1) is 6.04 Å². The third-order valence-electron chi connectivity index (χ3n) is 9.69. The lowest BCUT2D eigenvalue weighted by molar-refractivity contribution is -0.146. The molecular weight excluding hydrogens is 550 g/mol. The number of amides is 5. The molecule has 0 aromatic carbocycles. The first-order valence-electron chi connectivity index (χ1n) is 16.4. The molecular formula is C32H51N5O6. The zero-order chi connectivity index (χ0) is 31.3. The van der Waals surface area contributed by atoms with Crippen molar-refractivity contribution in [2.45, 2.75) is 128 Å². The van der Waals surface area contributed by atoms with Crippen LogP contribution in [0.15, 0.2) is 0 Å². The molecule has 4 N–H and O–H groups in total. The van der Waals surface area contributed by atoms with Crippen LogP contribution < -0.4 is 21.3 Å². The van der Waals surface area contributed by atoms with Crippen LogP contribution in [0.5, 0.6) is 0 Å². The summed E-state index contributed by atoms with van der Waals surface area (Å²) in [6.07, 6.45) is 9.97. The smallest absolute Gasteiger partial charge is 0.289 e. The van der Waals surface area contributed by atoms with E-state index in [0.29, 0.717) is 19.4 Å². The van der Waals surface area contributed by atoms with Crippen LogP contribution in [0.1, 0.15) is 104 Å². The highest BCUT2D eigenvalue weighted by atomic mass is 16.2. The number of rotatable bonds is 13. The van der Waals surface area contributed by atoms with Crippen molar-refractivity contribution in [3.63, 3.8) is 0 Å². The Morgan fingerprint density at radius 2 is 1.56 bits per heavy atom. The lowest BCUT2D eigenvalue weighted by Gasteiger charge is -2.37. The second-order valence-corrected chi connectivity index (χ2v) is 14.3. The summed E-state index contributed by atoms with van der Waals surface area (Å²) in [6, 6.07) is -2.84. The van der Waals surface area contributed by atoms with E-state index in [1.807, 2.05) is 0 Å². The van der Waals surface area contributed by atoms with E-state index in [9.17, 15) is 28.8 Å². The molecule has 4 rings (SSSR count). The van der Waals surface area contributed by atoms with Gasteiger partial charge in [-0.05, 0) is 63.2 Å². The number of nitrogens with zero attached hydrogens (tertiary/aromatic N) is 1. The Labute approximate surface area is 255 Å². The minimum atomic E-state index is -1.18. The van der Waals surface area contributed by atoms with Crippen molar-refractivity contribution in [1.29, 1.82) is 0 Å². The molecule has 1 saturated heterocycles. The summed E-state index contributed by atoms with van der Waals surface area (Å²) in [5.74, 6) is -3.01. The Kier molecular flexibility index (Phi) is 10.9. The van der Waals surface area contributed by atoms with E-state index in [0.717, 1.165) is 64.2 Å². The van der Waals surface area contributed by atoms with Crippen LogP contribution in [0.3, 0.4) is 0 Å². The average Bonchev–Trinajstić information content (AvgIpc) is 3.58. The monoisotopic (exact) mass is 601 g/mol. The maximum Gasteiger partial charge on any atom is 0.289 e. The Hall–Kier alpha value is -2.98. The van der Waals surface area contributed by atoms with Crippen LogP contribution >= 0.6 is 0 Å². The Morgan fingerprint density at radius 1 is 0.884 bits per heavy atom. The second kappa shape index (κ2) is 14.2. The maximum atomic E-state index is 14.1. The quantitative estimate of drug-likeness (QED) is 0.237. The molecule has 4 atom stereocenters. The number of ketones is 1. The number of hydrogen-bond acceptors (Lipinski definition) is 6. The van der Waals surface area contributed by atoms with Gasteiger partial charge in [-0.2, -0.15) is 0 Å². The summed E-state index contributed by atoms with van der Waals surface area (Å²) in [7, 11) is 1.60. The van der Waals surface area contributed by atoms with E-state index in [1.165, 1.54) is 4.90 Å². The fourth-order valence-electron chi connectivity index (χ4n) is 6.37. The van der Waals surface area contributed by atoms with E-state index in [1.54, 1.807) is 27.8 Å². The number of likely N-dealkylation sites (N-methyl/N-ethyl adjacent to an activating group) is 1. The molecule has 0 unspecified atom stereocenters. The molecule has 0 aromatic rings. The molecule has 240 valence electrons. The molecule has 4 fully saturated rings. The van der Waals surface area contributed by atoms with Crippen molar-refractivity contribution in [1.82, 2.24) is 26.2 Å². The number of carbonyl (C=O) groups is 6. The van der Waals surface area contributed by atoms with Gasteiger partial charge >= 0.3 is 0 Å². The molecule has 3 aliphatic carbocycles. The Bertz CT molecular complexity index is 1070. The number of Topliss-reactive ketones (excluding diaryl/α,β-unsaturated/α-hetero) is 1. The van der Waals surface area contributed by atoms with Gasteiger partial charge in [0.1, 0.15) is 12.1 Å². The third-order valence-corrected chi connectivity index (χ3v) is 9.69. The van der Waals surface area contributed by atoms with Gasteiger partial charge in [-0.3, -0.25) is 28.8 Å². The van der Waals surface area contributed by atoms with Crippen LogP contribution in [-0.4, -0.2) is 78.0 Å². The SMILES string of the molecule is CN(C(=O)[C@H](NC(=O)C(C)(C)C)C1CCCC1)[C@@H](CC1CCC1)C(=O)N[C@@H](C[C@@H]1CCCNC1=O)C(=O)C(=O)NC1CC1. The first-order valence-corrected chi connectivity index (χ1v) is 16.4. The molecule has 5 amide bonds. The highest BCUT2D eigenvalue weighted by Crippen LogP contribution is 2.33. The first-order chi connectivity index (χ1) is 20.3. The molecule has 1 heterocycles. The summed E-state index contributed by atoms with van der Waals surface area (Å²) in [4.78, 5) is 81.2. The molecule has 0 aromatic heterocycles. The molecule has 0 bridgehead atoms. The van der Waals surface area contributed by atoms with E-state index in [4.69, 9.17) is 0 Å². The van der Waals surface area contributed by atoms with Crippen LogP contribution in [0.25, 0.3) is 0 Å². The van der Waals surface area contributed by atoms with Gasteiger partial charge in [0, 0.05) is 31.0 Å². The van der Waals surface area contributed by atoms with Crippen molar-refractivity contribution < 1.29 is 28.8 Å². The molecule has 43 heavy (non-hydrogen) atoms. The van der Waals surface area contributed by atoms with Crippen molar-refractivity contribution in [3.8, 4) is 0 Å². The largest absolute Gasteiger partial charge is 0.356 e. The maximum absolute atomic E-state index is 14.1. The van der Waals surface area contributed by atoms with Crippen molar-refractivity contribution in [2.75, 3.05) is 13.6 Å². The van der Waals surface area contributed by atoms with Crippen molar-refractivity contribution >= 4 is 35.3 Å². The summed E-state index contributed by atoms with van der Waals surface area (Å²) in [5, 5.41) is 11.3. The normalized spacial score (nSPS) is 23.3. The number of hydrogen-bond donors (Lipinski definition) is 4. The van der Waals surface area contributed by atoms with Crippen LogP contribution in [0.2, 0.25) is 0 Å². The molecule has 0 radical (unpaired) electrons. The summed E-state index contributed by atoms with van der Waals surface area (Å²) in [5.41, 5.74) is -0.682. The minimum absolute atomic E-state index is 0.0149. The molecule has 1 aliphatic heterocycles. The zero-order valence-corrected chi connectivity index (χ0v) is 26.3. The van der Waals surface area contributed by atoms with Crippen LogP contribution in [-0.2, 0) is 28.8 Å². The topological polar surface area (TPSA) is 154 Å². The fourth-order valence-corrected chi connectivity index (χ4v) is 6.37. The second-order valence-electron chi connectivity index (χ2n) is 14.3. The molecule has 3 saturated carbocycles. The number of piperidine rings is 1. The predicted molar refractivity (Wildman–Crippen MR) is 160 cm³/mol. The standard InChI is InChI=1S/C32H51N5O6/c1-32(2,3)31(43)36-25(20-11-5-6-12-20)30(42)37(4)24(17-19-9-7-10-19)28(40)35-23(18-21-13-8-16-33-27(21)39)26(38)29(41)34-22-14-15-22/h19-25H,5-18H2,1-4H3,(H,33,39)(H,34,41)(H,35,40)(H,36,43)/t21-,23-,24-,25+/m0/s1. The van der Waals surface area contributed by atoms with Gasteiger partial charge in [0.15, 0.2) is 0 Å². The van der Waals surface area contributed by atoms with E-state index in [2.05, 4.69) is 21.3 Å². The molecule has 4 aliphatic rings. The average molecular weight is 602 g/mol. The number of nitrogens with one attached hydrogen (secondary N) is 4. The van der Waals surface area contributed by atoms with Gasteiger partial charge in [0.2, 0.25) is 29.4 Å². The summed E-state index contributed by atoms with van der Waals surface area (Å²) in [6.45, 7) is 5.97. The van der Waals surface area contributed by atoms with Gasteiger partial charge < -0.3 is 26.2 Å². The predicted octanol–water partition coefficient (Wildman–Crippen LogP) is 1.97. The zero-order valence-electron chi connectivity index (χ0n) is 26.3. The van der Waals surface area contributed by atoms with Gasteiger partial charge in [0.25, 0.3) is 5.91 Å². The Morgan fingerprint density at radius 3 is 2.12 bits per heavy atom. The Balaban J connectivity index is 1.54. The molecule has 0 spiro atoms. The van der Waals surface area contributed by atoms with E-state index < -0.39 is 47.1 Å². The minimum Gasteiger partial charge on any atom is -0.356 e. The first kappa shape index (κ1) is 32.9. The molecule has 11 nitrogen and oxygen atoms in total. The lowest BCUT2D eigenvalue weighted by Crippen LogP contribution is -2.59. The van der Waals surface area contributed by atoms with Gasteiger partial charge in [-0.25, -0.2) is 0 Å². The van der Waals surface area contributed by atoms with E-state index in [-0.39, 0.29) is 42.0 Å². The fraction of sp³-hybridized carbons (Fsp3) is 0.812. The summed E-state index contributed by atoms with van der Waals surface area (Å²) < 4.78 is 0. The van der Waals surface area contributed by atoms with Crippen molar-refractivity contribution in [2.24, 2.45) is 23.2 Å². The van der Waals surface area contributed by atoms with Gasteiger partial charge in [-0.1, -0.05) is 52.9 Å². The van der Waals surface area contributed by atoms with Crippen molar-refractivity contribution in [3.05, 3.63) is 0 Å². The number of carbonyl (C=O) groups excluding carboxylic acids is 6. The summed E-state index contributed by atoms with van der Waals surface area (Å²) >= 11 is 0. The molecule has 11 heteroatoms. The van der Waals surface area contributed by atoms with Gasteiger partial charge in [-0.15, -0.1) is 0 Å². The highest BCUT2D eigenvalue weighted by molar-refractivity contribution is 6.38. The highest BCUT2D eigenvalue weighted by Gasteiger charge is 2.42. The lowest BCUT2D eigenvalue weighted by atomic mass is 9.80. The van der Waals surface area contributed by atoms with Crippen LogP contribution in [0.4, 0.5) is 0 Å².